The van der Waals surface area contributed by atoms with Crippen molar-refractivity contribution in [3.8, 4) is 0 Å². The summed E-state index contributed by atoms with van der Waals surface area (Å²) < 4.78 is 7.38. The Kier molecular flexibility index (Phi) is 5.47. The first kappa shape index (κ1) is 18.9. The van der Waals surface area contributed by atoms with E-state index in [1.807, 2.05) is 0 Å². The number of nitrogens with zero attached hydrogens (tertiary/aromatic N) is 3. The fourth-order valence-electron chi connectivity index (χ4n) is 2.38. The van der Waals surface area contributed by atoms with Crippen LogP contribution in [0.1, 0.15) is 10.4 Å². The number of carbonyl (C=O) groups is 2. The highest BCUT2D eigenvalue weighted by molar-refractivity contribution is 9.10. The second kappa shape index (κ2) is 7.80. The van der Waals surface area contributed by atoms with Gasteiger partial charge in [-0.3, -0.25) is 19.7 Å². The number of fused-ring (bicyclic) bond motifs is 1. The standard InChI is InChI=1S/C17H12BrN3O5S/c1-26-15(22)9-20-13-8-10(21(24)25)6-7-14(13)27-17(20)19-16(23)11-4-2-3-5-12(11)18/h2-8H,9H2,1H3. The van der Waals surface area contributed by atoms with Crippen LogP contribution in [0, 0.1) is 10.1 Å². The molecule has 10 heteroatoms. The first-order chi connectivity index (χ1) is 12.9. The number of benzene rings is 2. The number of nitro benzene ring substituents is 1. The molecule has 138 valence electrons. The fourth-order valence-corrected chi connectivity index (χ4v) is 3.85. The molecule has 3 rings (SSSR count). The molecule has 3 aromatic rings. The molecule has 0 fully saturated rings. The summed E-state index contributed by atoms with van der Waals surface area (Å²) in [6.07, 6.45) is 0. The number of aromatic nitrogens is 1. The van der Waals surface area contributed by atoms with Crippen LogP contribution < -0.4 is 4.80 Å². The van der Waals surface area contributed by atoms with Crippen LogP contribution in [0.2, 0.25) is 0 Å². The molecular formula is C17H12BrN3O5S. The summed E-state index contributed by atoms with van der Waals surface area (Å²) >= 11 is 4.46. The largest absolute Gasteiger partial charge is 0.468 e. The van der Waals surface area contributed by atoms with Gasteiger partial charge < -0.3 is 9.30 Å². The van der Waals surface area contributed by atoms with Gasteiger partial charge in [0.05, 0.1) is 27.8 Å². The van der Waals surface area contributed by atoms with Crippen molar-refractivity contribution in [3.05, 3.63) is 67.4 Å². The van der Waals surface area contributed by atoms with Gasteiger partial charge in [-0.15, -0.1) is 0 Å². The summed E-state index contributed by atoms with van der Waals surface area (Å²) in [4.78, 5) is 39.3. The van der Waals surface area contributed by atoms with Crippen LogP contribution >= 0.6 is 27.3 Å². The van der Waals surface area contributed by atoms with Crippen LogP contribution in [-0.2, 0) is 16.1 Å². The van der Waals surface area contributed by atoms with Crippen molar-refractivity contribution in [2.75, 3.05) is 7.11 Å². The molecule has 1 aromatic heterocycles. The van der Waals surface area contributed by atoms with Crippen molar-refractivity contribution < 1.29 is 19.2 Å². The third-order valence-corrected chi connectivity index (χ3v) is 5.44. The third kappa shape index (κ3) is 3.96. The molecule has 8 nitrogen and oxygen atoms in total. The van der Waals surface area contributed by atoms with Crippen molar-refractivity contribution in [3.63, 3.8) is 0 Å². The Bertz CT molecular complexity index is 1140. The van der Waals surface area contributed by atoms with Crippen LogP contribution in [0.25, 0.3) is 10.2 Å². The van der Waals surface area contributed by atoms with E-state index in [4.69, 9.17) is 4.74 Å². The molecular weight excluding hydrogens is 438 g/mol. The molecule has 0 unspecified atom stereocenters. The number of esters is 1. The smallest absolute Gasteiger partial charge is 0.325 e. The highest BCUT2D eigenvalue weighted by atomic mass is 79.9. The molecule has 0 bridgehead atoms. The zero-order valence-electron chi connectivity index (χ0n) is 13.9. The maximum Gasteiger partial charge on any atom is 0.325 e. The zero-order valence-corrected chi connectivity index (χ0v) is 16.3. The third-order valence-electron chi connectivity index (χ3n) is 3.69. The monoisotopic (exact) mass is 449 g/mol. The molecule has 0 aliphatic carbocycles. The lowest BCUT2D eigenvalue weighted by Crippen LogP contribution is -2.22. The second-order valence-electron chi connectivity index (χ2n) is 5.35. The molecule has 0 radical (unpaired) electrons. The van der Waals surface area contributed by atoms with Gasteiger partial charge in [-0.2, -0.15) is 4.99 Å². The van der Waals surface area contributed by atoms with Gasteiger partial charge in [-0.05, 0) is 34.1 Å². The number of thiazole rings is 1. The number of amides is 1. The fraction of sp³-hybridized carbons (Fsp3) is 0.118. The maximum absolute atomic E-state index is 12.6. The maximum atomic E-state index is 12.6. The second-order valence-corrected chi connectivity index (χ2v) is 7.22. The average Bonchev–Trinajstić information content (AvgIpc) is 2.98. The van der Waals surface area contributed by atoms with E-state index in [0.29, 0.717) is 20.3 Å². The molecule has 2 aromatic carbocycles. The van der Waals surface area contributed by atoms with E-state index in [1.165, 1.54) is 23.8 Å². The summed E-state index contributed by atoms with van der Waals surface area (Å²) in [5.41, 5.74) is 0.673. The van der Waals surface area contributed by atoms with Crippen molar-refractivity contribution in [1.29, 1.82) is 0 Å². The Morgan fingerprint density at radius 2 is 2.04 bits per heavy atom. The molecule has 0 saturated heterocycles. The minimum Gasteiger partial charge on any atom is -0.468 e. The Morgan fingerprint density at radius 1 is 1.30 bits per heavy atom. The number of methoxy groups -OCH3 is 1. The van der Waals surface area contributed by atoms with Gasteiger partial charge in [0.25, 0.3) is 11.6 Å². The summed E-state index contributed by atoms with van der Waals surface area (Å²) in [7, 11) is 1.24. The summed E-state index contributed by atoms with van der Waals surface area (Å²) in [6.45, 7) is -0.222. The number of carbonyl (C=O) groups excluding carboxylic acids is 2. The SMILES string of the molecule is COC(=O)Cn1c(=NC(=O)c2ccccc2Br)sc2ccc([N+](=O)[O-])cc21. The summed E-state index contributed by atoms with van der Waals surface area (Å²) in [6, 6.07) is 11.1. The van der Waals surface area contributed by atoms with Gasteiger partial charge >= 0.3 is 5.97 Å². The summed E-state index contributed by atoms with van der Waals surface area (Å²) in [5, 5.41) is 11.1. The van der Waals surface area contributed by atoms with Crippen LogP contribution in [0.5, 0.6) is 0 Å². The van der Waals surface area contributed by atoms with Crippen LogP contribution in [0.3, 0.4) is 0 Å². The molecule has 27 heavy (non-hydrogen) atoms. The van der Waals surface area contributed by atoms with Gasteiger partial charge in [0.15, 0.2) is 4.80 Å². The van der Waals surface area contributed by atoms with E-state index >= 15 is 0 Å². The Balaban J connectivity index is 2.20. The van der Waals surface area contributed by atoms with E-state index in [1.54, 1.807) is 30.3 Å². The minimum atomic E-state index is -0.559. The first-order valence-corrected chi connectivity index (χ1v) is 9.20. The molecule has 0 saturated carbocycles. The van der Waals surface area contributed by atoms with Crippen molar-refractivity contribution in [1.82, 2.24) is 4.57 Å². The minimum absolute atomic E-state index is 0.123. The highest BCUT2D eigenvalue weighted by Gasteiger charge is 2.16. The quantitative estimate of drug-likeness (QED) is 0.345. The van der Waals surface area contributed by atoms with Gasteiger partial charge in [0.1, 0.15) is 6.54 Å². The molecule has 1 amide bonds. The van der Waals surface area contributed by atoms with E-state index in [2.05, 4.69) is 20.9 Å². The lowest BCUT2D eigenvalue weighted by atomic mass is 10.2. The number of hydrogen-bond donors (Lipinski definition) is 0. The molecule has 0 aliphatic heterocycles. The summed E-state index contributed by atoms with van der Waals surface area (Å²) in [5.74, 6) is -1.06. The van der Waals surface area contributed by atoms with Crippen molar-refractivity contribution in [2.45, 2.75) is 6.54 Å². The normalized spacial score (nSPS) is 11.6. The zero-order chi connectivity index (χ0) is 19.6. The average molecular weight is 450 g/mol. The first-order valence-electron chi connectivity index (χ1n) is 7.59. The lowest BCUT2D eigenvalue weighted by molar-refractivity contribution is -0.384. The van der Waals surface area contributed by atoms with Gasteiger partial charge in [0, 0.05) is 16.6 Å². The van der Waals surface area contributed by atoms with Crippen LogP contribution in [0.4, 0.5) is 5.69 Å². The van der Waals surface area contributed by atoms with Crippen molar-refractivity contribution in [2.24, 2.45) is 4.99 Å². The van der Waals surface area contributed by atoms with E-state index in [9.17, 15) is 19.7 Å². The van der Waals surface area contributed by atoms with Gasteiger partial charge in [0.2, 0.25) is 0 Å². The van der Waals surface area contributed by atoms with Crippen molar-refractivity contribution >= 4 is 55.0 Å². The molecule has 0 aliphatic rings. The Hall–Kier alpha value is -2.85. The van der Waals surface area contributed by atoms with Crippen LogP contribution in [-0.4, -0.2) is 28.5 Å². The number of ether oxygens (including phenoxy) is 1. The molecule has 1 heterocycles. The topological polar surface area (TPSA) is 104 Å². The number of halogens is 1. The number of rotatable bonds is 4. The predicted molar refractivity (Wildman–Crippen MR) is 103 cm³/mol. The van der Waals surface area contributed by atoms with E-state index in [0.717, 1.165) is 11.3 Å². The van der Waals surface area contributed by atoms with Gasteiger partial charge in [-0.1, -0.05) is 23.5 Å². The number of nitro groups is 1. The van der Waals surface area contributed by atoms with Gasteiger partial charge in [-0.25, -0.2) is 0 Å². The molecule has 0 atom stereocenters. The van der Waals surface area contributed by atoms with E-state index in [-0.39, 0.29) is 17.0 Å². The highest BCUT2D eigenvalue weighted by Crippen LogP contribution is 2.23. The Morgan fingerprint density at radius 3 is 2.70 bits per heavy atom. The molecule has 0 N–H and O–H groups in total. The van der Waals surface area contributed by atoms with E-state index < -0.39 is 16.8 Å². The number of non-ortho nitro benzene ring substituents is 1. The lowest BCUT2D eigenvalue weighted by Gasteiger charge is -2.04. The number of hydrogen-bond acceptors (Lipinski definition) is 6. The Labute approximate surface area is 165 Å². The predicted octanol–water partition coefficient (Wildman–Crippen LogP) is 3.29. The molecule has 0 spiro atoms. The van der Waals surface area contributed by atoms with Crippen LogP contribution in [0.15, 0.2) is 51.9 Å².